The number of nitrogens with zero attached hydrogens (tertiary/aromatic N) is 1. The molecule has 0 saturated carbocycles. The summed E-state index contributed by atoms with van der Waals surface area (Å²) < 4.78 is 15.1. The van der Waals surface area contributed by atoms with E-state index in [4.69, 9.17) is 5.73 Å². The largest absolute Gasteiger partial charge is 0.382 e. The van der Waals surface area contributed by atoms with E-state index in [2.05, 4.69) is 42.1 Å². The molecular formula is C15H10Br2FN3. The number of anilines is 1. The highest BCUT2D eigenvalue weighted by Crippen LogP contribution is 2.36. The molecule has 0 aliphatic carbocycles. The lowest BCUT2D eigenvalue weighted by atomic mass is 10.0. The summed E-state index contributed by atoms with van der Waals surface area (Å²) in [4.78, 5) is 0. The van der Waals surface area contributed by atoms with Crippen LogP contribution in [0, 0.1) is 5.82 Å². The predicted molar refractivity (Wildman–Crippen MR) is 89.2 cm³/mol. The van der Waals surface area contributed by atoms with Crippen molar-refractivity contribution >= 4 is 37.7 Å². The van der Waals surface area contributed by atoms with Gasteiger partial charge in [0.25, 0.3) is 0 Å². The number of rotatable bonds is 2. The Balaban J connectivity index is 2.19. The summed E-state index contributed by atoms with van der Waals surface area (Å²) in [5.41, 5.74) is 9.02. The molecule has 3 rings (SSSR count). The molecule has 0 aliphatic rings. The lowest BCUT2D eigenvalue weighted by Gasteiger charge is -2.06. The zero-order valence-electron chi connectivity index (χ0n) is 10.7. The molecule has 0 fully saturated rings. The molecule has 0 saturated heterocycles. The van der Waals surface area contributed by atoms with Crippen molar-refractivity contribution in [3.8, 4) is 22.4 Å². The zero-order valence-corrected chi connectivity index (χ0v) is 13.9. The second-order valence-corrected chi connectivity index (χ2v) is 6.27. The van der Waals surface area contributed by atoms with E-state index in [9.17, 15) is 4.39 Å². The normalized spacial score (nSPS) is 10.8. The maximum atomic E-state index is 13.8. The minimum Gasteiger partial charge on any atom is -0.382 e. The van der Waals surface area contributed by atoms with E-state index in [1.54, 1.807) is 6.07 Å². The Labute approximate surface area is 137 Å². The summed E-state index contributed by atoms with van der Waals surface area (Å²) in [5.74, 6) is 0.0484. The van der Waals surface area contributed by atoms with Gasteiger partial charge < -0.3 is 5.73 Å². The molecule has 2 aromatic carbocycles. The molecule has 6 heteroatoms. The quantitative estimate of drug-likeness (QED) is 0.625. The molecule has 0 amide bonds. The van der Waals surface area contributed by atoms with Crippen molar-refractivity contribution in [3.05, 3.63) is 57.2 Å². The smallest absolute Gasteiger partial charge is 0.153 e. The van der Waals surface area contributed by atoms with Gasteiger partial charge in [0, 0.05) is 10.0 Å². The summed E-state index contributed by atoms with van der Waals surface area (Å²) >= 11 is 6.58. The monoisotopic (exact) mass is 409 g/mol. The number of halogens is 3. The van der Waals surface area contributed by atoms with Gasteiger partial charge in [0.1, 0.15) is 5.82 Å². The first-order valence-electron chi connectivity index (χ1n) is 6.11. The maximum absolute atomic E-state index is 13.8. The number of hydrogen-bond donors (Lipinski definition) is 2. The van der Waals surface area contributed by atoms with Crippen LogP contribution in [0.3, 0.4) is 0 Å². The Morgan fingerprint density at radius 1 is 1.05 bits per heavy atom. The van der Waals surface area contributed by atoms with Gasteiger partial charge in [0.15, 0.2) is 5.82 Å². The number of nitrogen functional groups attached to an aromatic ring is 1. The van der Waals surface area contributed by atoms with Gasteiger partial charge in [-0.05, 0) is 45.8 Å². The van der Waals surface area contributed by atoms with Crippen LogP contribution in [0.1, 0.15) is 0 Å². The predicted octanol–water partition coefficient (Wildman–Crippen LogP) is 4.99. The van der Waals surface area contributed by atoms with Crippen LogP contribution in [0.15, 0.2) is 51.4 Å². The second kappa shape index (κ2) is 5.61. The van der Waals surface area contributed by atoms with Crippen molar-refractivity contribution in [1.29, 1.82) is 0 Å². The van der Waals surface area contributed by atoms with Crippen LogP contribution in [0.2, 0.25) is 0 Å². The van der Waals surface area contributed by atoms with Gasteiger partial charge in [-0.1, -0.05) is 34.1 Å². The van der Waals surface area contributed by atoms with Crippen molar-refractivity contribution < 1.29 is 4.39 Å². The van der Waals surface area contributed by atoms with Crippen molar-refractivity contribution in [2.45, 2.75) is 0 Å². The van der Waals surface area contributed by atoms with E-state index < -0.39 is 0 Å². The zero-order chi connectivity index (χ0) is 15.0. The highest BCUT2D eigenvalue weighted by atomic mass is 79.9. The van der Waals surface area contributed by atoms with Gasteiger partial charge in [-0.25, -0.2) is 4.39 Å². The number of hydrogen-bond acceptors (Lipinski definition) is 2. The Kier molecular flexibility index (Phi) is 3.82. The molecule has 3 aromatic rings. The Bertz CT molecular complexity index is 814. The molecular weight excluding hydrogens is 401 g/mol. The fraction of sp³-hybridized carbons (Fsp3) is 0. The van der Waals surface area contributed by atoms with E-state index in [-0.39, 0.29) is 5.82 Å². The molecule has 0 aliphatic heterocycles. The van der Waals surface area contributed by atoms with Gasteiger partial charge in [-0.2, -0.15) is 5.10 Å². The number of aromatic nitrogens is 2. The first kappa shape index (κ1) is 14.3. The van der Waals surface area contributed by atoms with Crippen molar-refractivity contribution in [3.63, 3.8) is 0 Å². The highest BCUT2D eigenvalue weighted by molar-refractivity contribution is 9.10. The van der Waals surface area contributed by atoms with Gasteiger partial charge in [-0.15, -0.1) is 0 Å². The van der Waals surface area contributed by atoms with E-state index in [1.807, 2.05) is 30.3 Å². The fourth-order valence-electron chi connectivity index (χ4n) is 2.15. The van der Waals surface area contributed by atoms with Gasteiger partial charge in [-0.3, -0.25) is 5.10 Å². The van der Waals surface area contributed by atoms with Gasteiger partial charge in [0.05, 0.1) is 15.7 Å². The number of H-pyrrole nitrogens is 1. The van der Waals surface area contributed by atoms with Crippen LogP contribution in [0.4, 0.5) is 10.2 Å². The third kappa shape index (κ3) is 2.73. The molecule has 0 radical (unpaired) electrons. The minimum atomic E-state index is -0.333. The van der Waals surface area contributed by atoms with Crippen molar-refractivity contribution in [1.82, 2.24) is 10.2 Å². The molecule has 3 N–H and O–H groups in total. The third-order valence-corrected chi connectivity index (χ3v) is 4.25. The molecule has 0 atom stereocenters. The first-order chi connectivity index (χ1) is 10.1. The first-order valence-corrected chi connectivity index (χ1v) is 7.70. The molecule has 3 nitrogen and oxygen atoms in total. The van der Waals surface area contributed by atoms with E-state index in [0.29, 0.717) is 21.5 Å². The van der Waals surface area contributed by atoms with E-state index in [0.717, 1.165) is 15.6 Å². The fourth-order valence-corrected chi connectivity index (χ4v) is 2.80. The molecule has 106 valence electrons. The molecule has 21 heavy (non-hydrogen) atoms. The summed E-state index contributed by atoms with van der Waals surface area (Å²) in [6, 6.07) is 12.6. The number of aromatic amines is 1. The van der Waals surface area contributed by atoms with Gasteiger partial charge >= 0.3 is 0 Å². The summed E-state index contributed by atoms with van der Waals surface area (Å²) in [6.07, 6.45) is 0. The van der Waals surface area contributed by atoms with Crippen molar-refractivity contribution in [2.75, 3.05) is 5.73 Å². The van der Waals surface area contributed by atoms with Crippen molar-refractivity contribution in [2.24, 2.45) is 0 Å². The highest BCUT2D eigenvalue weighted by Gasteiger charge is 2.16. The van der Waals surface area contributed by atoms with E-state index >= 15 is 0 Å². The standard InChI is InChI=1S/C15H10Br2FN3/c16-10-3-1-2-8(6-10)13-14(20-21-15(13)19)9-4-5-11(17)12(18)7-9/h1-7H,(H3,19,20,21). The lowest BCUT2D eigenvalue weighted by Crippen LogP contribution is -1.89. The summed E-state index contributed by atoms with van der Waals surface area (Å²) in [5, 5.41) is 6.94. The van der Waals surface area contributed by atoms with Crippen LogP contribution in [0.25, 0.3) is 22.4 Å². The third-order valence-electron chi connectivity index (χ3n) is 3.12. The van der Waals surface area contributed by atoms with Crippen LogP contribution >= 0.6 is 31.9 Å². The topological polar surface area (TPSA) is 54.7 Å². The Morgan fingerprint density at radius 2 is 1.86 bits per heavy atom. The number of nitrogens with two attached hydrogens (primary N) is 1. The summed E-state index contributed by atoms with van der Waals surface area (Å²) in [7, 11) is 0. The average molecular weight is 411 g/mol. The maximum Gasteiger partial charge on any atom is 0.153 e. The number of benzene rings is 2. The molecule has 0 unspecified atom stereocenters. The Morgan fingerprint density at radius 3 is 2.57 bits per heavy atom. The van der Waals surface area contributed by atoms with Crippen LogP contribution in [-0.2, 0) is 0 Å². The number of nitrogens with one attached hydrogen (secondary N) is 1. The molecule has 0 bridgehead atoms. The Hall–Kier alpha value is -1.66. The minimum absolute atomic E-state index is 0.333. The molecule has 1 aromatic heterocycles. The van der Waals surface area contributed by atoms with Crippen LogP contribution in [0.5, 0.6) is 0 Å². The van der Waals surface area contributed by atoms with Crippen LogP contribution in [-0.4, -0.2) is 10.2 Å². The molecule has 0 spiro atoms. The van der Waals surface area contributed by atoms with Gasteiger partial charge in [0.2, 0.25) is 0 Å². The lowest BCUT2D eigenvalue weighted by molar-refractivity contribution is 0.621. The SMILES string of the molecule is Nc1n[nH]c(-c2ccc(Br)c(F)c2)c1-c1cccc(Br)c1. The summed E-state index contributed by atoms with van der Waals surface area (Å²) in [6.45, 7) is 0. The van der Waals surface area contributed by atoms with E-state index in [1.165, 1.54) is 6.07 Å². The average Bonchev–Trinajstić information content (AvgIpc) is 2.84. The molecule has 1 heterocycles. The van der Waals surface area contributed by atoms with Crippen LogP contribution < -0.4 is 5.73 Å². The second-order valence-electron chi connectivity index (χ2n) is 4.50.